The van der Waals surface area contributed by atoms with E-state index in [1.165, 1.54) is 10.6 Å². The normalized spacial score (nSPS) is 22.2. The topological polar surface area (TPSA) is 57.6 Å². The van der Waals surface area contributed by atoms with Gasteiger partial charge in [-0.1, -0.05) is 33.6 Å². The van der Waals surface area contributed by atoms with Crippen molar-refractivity contribution in [1.82, 2.24) is 4.31 Å². The first-order valence-electron chi connectivity index (χ1n) is 6.85. The van der Waals surface area contributed by atoms with Gasteiger partial charge in [0.05, 0.1) is 12.4 Å². The van der Waals surface area contributed by atoms with Gasteiger partial charge < -0.3 is 5.11 Å². The molecule has 1 saturated heterocycles. The minimum atomic E-state index is -3.15. The van der Waals surface area contributed by atoms with Gasteiger partial charge in [0, 0.05) is 22.6 Å². The number of hydrogen-bond acceptors (Lipinski definition) is 3. The summed E-state index contributed by atoms with van der Waals surface area (Å²) in [5.41, 5.74) is 0.788. The zero-order valence-electron chi connectivity index (χ0n) is 11.8. The van der Waals surface area contributed by atoms with E-state index in [1.54, 1.807) is 18.2 Å². The summed E-state index contributed by atoms with van der Waals surface area (Å²) in [7, 11) is -3.15. The van der Waals surface area contributed by atoms with Crippen LogP contribution in [0.5, 0.6) is 0 Å². The zero-order chi connectivity index (χ0) is 15.6. The van der Waals surface area contributed by atoms with Crippen LogP contribution in [0.15, 0.2) is 22.7 Å². The minimum Gasteiger partial charge on any atom is -0.388 e. The molecule has 1 aliphatic heterocycles. The molecule has 1 aromatic rings. The molecule has 1 fully saturated rings. The van der Waals surface area contributed by atoms with E-state index in [2.05, 4.69) is 15.9 Å². The summed E-state index contributed by atoms with van der Waals surface area (Å²) in [5, 5.41) is 11.0. The highest BCUT2D eigenvalue weighted by Gasteiger charge is 2.28. The Balaban J connectivity index is 2.03. The van der Waals surface area contributed by atoms with E-state index in [-0.39, 0.29) is 5.92 Å². The van der Waals surface area contributed by atoms with Crippen molar-refractivity contribution in [2.24, 2.45) is 5.92 Å². The monoisotopic (exact) mass is 395 g/mol. The fourth-order valence-electron chi connectivity index (χ4n) is 2.73. The van der Waals surface area contributed by atoms with Crippen LogP contribution >= 0.6 is 27.5 Å². The van der Waals surface area contributed by atoms with Crippen LogP contribution in [0.1, 0.15) is 30.9 Å². The average molecular weight is 397 g/mol. The number of piperidine rings is 1. The van der Waals surface area contributed by atoms with Gasteiger partial charge in [0.25, 0.3) is 0 Å². The van der Waals surface area contributed by atoms with Crippen molar-refractivity contribution in [3.05, 3.63) is 33.3 Å². The van der Waals surface area contributed by atoms with Crippen LogP contribution in [-0.4, -0.2) is 37.2 Å². The van der Waals surface area contributed by atoms with Crippen LogP contribution in [0, 0.1) is 5.92 Å². The van der Waals surface area contributed by atoms with Gasteiger partial charge >= 0.3 is 0 Å². The molecule has 0 aromatic heterocycles. The molecule has 0 aliphatic carbocycles. The Morgan fingerprint density at radius 2 is 2.24 bits per heavy atom. The molecule has 0 radical (unpaired) electrons. The van der Waals surface area contributed by atoms with E-state index in [9.17, 15) is 13.5 Å². The maximum atomic E-state index is 11.6. The molecule has 1 aliphatic rings. The molecule has 0 spiro atoms. The Morgan fingerprint density at radius 1 is 1.52 bits per heavy atom. The zero-order valence-corrected chi connectivity index (χ0v) is 15.0. The Hall–Kier alpha value is -0.140. The summed E-state index contributed by atoms with van der Waals surface area (Å²) < 4.78 is 25.5. The second-order valence-corrected chi connectivity index (χ2v) is 8.82. The average Bonchev–Trinajstić information content (AvgIpc) is 2.37. The number of aliphatic hydroxyl groups is 1. The summed E-state index contributed by atoms with van der Waals surface area (Å²) >= 11 is 9.30. The number of nitrogens with zero attached hydrogens (tertiary/aromatic N) is 1. The van der Waals surface area contributed by atoms with E-state index in [0.717, 1.165) is 22.9 Å². The third kappa shape index (κ3) is 4.66. The highest BCUT2D eigenvalue weighted by molar-refractivity contribution is 9.10. The van der Waals surface area contributed by atoms with Crippen molar-refractivity contribution in [3.8, 4) is 0 Å². The van der Waals surface area contributed by atoms with Gasteiger partial charge in [-0.3, -0.25) is 0 Å². The molecule has 1 N–H and O–H groups in total. The number of halogens is 2. The maximum Gasteiger partial charge on any atom is 0.211 e. The molecule has 0 bridgehead atoms. The van der Waals surface area contributed by atoms with Crippen LogP contribution in [0.2, 0.25) is 5.02 Å². The van der Waals surface area contributed by atoms with Crippen molar-refractivity contribution in [3.63, 3.8) is 0 Å². The summed E-state index contributed by atoms with van der Waals surface area (Å²) in [6, 6.07) is 5.30. The Bertz CT molecular complexity index is 608. The lowest BCUT2D eigenvalue weighted by atomic mass is 9.91. The number of rotatable bonds is 4. The van der Waals surface area contributed by atoms with E-state index in [0.29, 0.717) is 24.5 Å². The third-order valence-corrected chi connectivity index (χ3v) is 6.02. The summed E-state index contributed by atoms with van der Waals surface area (Å²) in [4.78, 5) is 0. The van der Waals surface area contributed by atoms with Crippen LogP contribution in [-0.2, 0) is 10.0 Å². The van der Waals surface area contributed by atoms with E-state index < -0.39 is 16.1 Å². The fraction of sp³-hybridized carbons (Fsp3) is 0.571. The first-order chi connectivity index (χ1) is 9.77. The third-order valence-electron chi connectivity index (χ3n) is 3.83. The summed E-state index contributed by atoms with van der Waals surface area (Å²) in [6.45, 7) is 1.07. The number of benzene rings is 1. The van der Waals surface area contributed by atoms with Gasteiger partial charge in [-0.25, -0.2) is 12.7 Å². The number of sulfonamides is 1. The quantitative estimate of drug-likeness (QED) is 0.850. The van der Waals surface area contributed by atoms with Gasteiger partial charge in [0.2, 0.25) is 10.0 Å². The molecule has 1 heterocycles. The molecule has 2 atom stereocenters. The largest absolute Gasteiger partial charge is 0.388 e. The standard InChI is InChI=1S/C14H19BrClNO3S/c1-21(19,20)17-6-2-3-10(9-17)7-14(18)12-5-4-11(16)8-13(12)15/h4-5,8,10,14,18H,2-3,6-7,9H2,1H3. The molecular formula is C14H19BrClNO3S. The van der Waals surface area contributed by atoms with Crippen LogP contribution < -0.4 is 0 Å². The second-order valence-electron chi connectivity index (χ2n) is 5.55. The Labute approximate surface area is 139 Å². The van der Waals surface area contributed by atoms with Crippen molar-refractivity contribution in [2.45, 2.75) is 25.4 Å². The molecule has 1 aromatic carbocycles. The molecule has 4 nitrogen and oxygen atoms in total. The van der Waals surface area contributed by atoms with Gasteiger partial charge in [-0.2, -0.15) is 0 Å². The number of hydrogen-bond donors (Lipinski definition) is 1. The van der Waals surface area contributed by atoms with Crippen molar-refractivity contribution >= 4 is 37.6 Å². The lowest BCUT2D eigenvalue weighted by molar-refractivity contribution is 0.122. The minimum absolute atomic E-state index is 0.172. The van der Waals surface area contributed by atoms with Crippen molar-refractivity contribution in [1.29, 1.82) is 0 Å². The van der Waals surface area contributed by atoms with Gasteiger partial charge in [0.15, 0.2) is 0 Å². The Morgan fingerprint density at radius 3 is 2.86 bits per heavy atom. The predicted molar refractivity (Wildman–Crippen MR) is 87.9 cm³/mol. The molecule has 2 unspecified atom stereocenters. The second kappa shape index (κ2) is 6.96. The van der Waals surface area contributed by atoms with E-state index in [4.69, 9.17) is 11.6 Å². The van der Waals surface area contributed by atoms with Gasteiger partial charge in [-0.15, -0.1) is 0 Å². The lowest BCUT2D eigenvalue weighted by Crippen LogP contribution is -2.39. The van der Waals surface area contributed by atoms with Gasteiger partial charge in [0.1, 0.15) is 0 Å². The maximum absolute atomic E-state index is 11.6. The van der Waals surface area contributed by atoms with Gasteiger partial charge in [-0.05, 0) is 42.9 Å². The molecule has 0 saturated carbocycles. The number of aliphatic hydroxyl groups excluding tert-OH is 1. The lowest BCUT2D eigenvalue weighted by Gasteiger charge is -2.32. The SMILES string of the molecule is CS(=O)(=O)N1CCCC(CC(O)c2ccc(Cl)cc2Br)C1. The smallest absolute Gasteiger partial charge is 0.211 e. The van der Waals surface area contributed by atoms with E-state index in [1.807, 2.05) is 0 Å². The molecule has 2 rings (SSSR count). The van der Waals surface area contributed by atoms with E-state index >= 15 is 0 Å². The first-order valence-corrected chi connectivity index (χ1v) is 9.87. The first kappa shape index (κ1) is 17.2. The predicted octanol–water partition coefficient (Wildman–Crippen LogP) is 3.20. The van der Waals surface area contributed by atoms with Crippen LogP contribution in [0.3, 0.4) is 0 Å². The summed E-state index contributed by atoms with van der Waals surface area (Å²) in [6.07, 6.45) is 2.94. The highest BCUT2D eigenvalue weighted by atomic mass is 79.9. The molecular weight excluding hydrogens is 378 g/mol. The van der Waals surface area contributed by atoms with Crippen LogP contribution in [0.25, 0.3) is 0 Å². The van der Waals surface area contributed by atoms with Crippen molar-refractivity contribution in [2.75, 3.05) is 19.3 Å². The molecule has 0 amide bonds. The molecule has 7 heteroatoms. The summed E-state index contributed by atoms with van der Waals surface area (Å²) in [5.74, 6) is 0.172. The molecule has 118 valence electrons. The fourth-order valence-corrected chi connectivity index (χ4v) is 4.62. The van der Waals surface area contributed by atoms with Crippen molar-refractivity contribution < 1.29 is 13.5 Å². The van der Waals surface area contributed by atoms with Crippen LogP contribution in [0.4, 0.5) is 0 Å². The Kier molecular flexibility index (Phi) is 5.71. The highest BCUT2D eigenvalue weighted by Crippen LogP contribution is 2.33. The molecule has 21 heavy (non-hydrogen) atoms.